The van der Waals surface area contributed by atoms with E-state index in [1.165, 1.54) is 23.9 Å². The lowest BCUT2D eigenvalue weighted by molar-refractivity contribution is -0.121. The molecule has 1 aromatic heterocycles. The molecule has 0 unspecified atom stereocenters. The average Bonchev–Trinajstić information content (AvgIpc) is 3.60. The molecule has 158 valence electrons. The van der Waals surface area contributed by atoms with Crippen LogP contribution in [0.3, 0.4) is 0 Å². The molecule has 1 saturated heterocycles. The molecule has 5 rings (SSSR count). The summed E-state index contributed by atoms with van der Waals surface area (Å²) in [4.78, 5) is 39.0. The van der Waals surface area contributed by atoms with Crippen molar-refractivity contribution in [1.29, 1.82) is 0 Å². The van der Waals surface area contributed by atoms with Crippen LogP contribution < -0.4 is 20.8 Å². The Labute approximate surface area is 171 Å². The second-order valence-electron chi connectivity index (χ2n) is 8.48. The molecule has 8 nitrogen and oxygen atoms in total. The van der Waals surface area contributed by atoms with Crippen LogP contribution in [0.4, 0.5) is 10.1 Å². The van der Waals surface area contributed by atoms with Crippen molar-refractivity contribution < 1.29 is 23.8 Å². The molecule has 0 spiro atoms. The summed E-state index contributed by atoms with van der Waals surface area (Å²) in [6, 6.07) is 2.51. The molecule has 3 fully saturated rings. The number of aromatic nitrogens is 1. The van der Waals surface area contributed by atoms with E-state index >= 15 is 0 Å². The quantitative estimate of drug-likeness (QED) is 0.770. The highest BCUT2D eigenvalue weighted by Crippen LogP contribution is 2.48. The van der Waals surface area contributed by atoms with Crippen molar-refractivity contribution in [2.45, 2.75) is 43.4 Å². The van der Waals surface area contributed by atoms with Gasteiger partial charge in [0.25, 0.3) is 0 Å². The van der Waals surface area contributed by atoms with E-state index < -0.39 is 34.7 Å². The minimum atomic E-state index is -1.37. The Bertz CT molecular complexity index is 1160. The van der Waals surface area contributed by atoms with Gasteiger partial charge in [0.1, 0.15) is 11.7 Å². The number of hydrogen-bond donors (Lipinski definition) is 2. The van der Waals surface area contributed by atoms with Gasteiger partial charge in [-0.2, -0.15) is 0 Å². The number of amides is 1. The van der Waals surface area contributed by atoms with Gasteiger partial charge in [0.2, 0.25) is 11.3 Å². The van der Waals surface area contributed by atoms with Gasteiger partial charge < -0.3 is 25.0 Å². The van der Waals surface area contributed by atoms with Crippen molar-refractivity contribution in [2.24, 2.45) is 11.7 Å². The second kappa shape index (κ2) is 6.28. The van der Waals surface area contributed by atoms with Gasteiger partial charge in [0.05, 0.1) is 35.7 Å². The molecule has 30 heavy (non-hydrogen) atoms. The number of halogens is 1. The Morgan fingerprint density at radius 3 is 2.60 bits per heavy atom. The molecule has 0 bridgehead atoms. The molecular weight excluding hydrogens is 393 g/mol. The number of fused-ring (bicyclic) bond motifs is 1. The molecule has 2 saturated carbocycles. The van der Waals surface area contributed by atoms with Crippen LogP contribution in [0.25, 0.3) is 10.9 Å². The SMILES string of the molecule is COc1c(N2CC[C@H](C3(N)CC3)C2=O)ccc2c(=O)c(C(=O)O)cn([C@@H]3C[C@@H]3F)c12. The first-order valence-electron chi connectivity index (χ1n) is 10.0. The van der Waals surface area contributed by atoms with Crippen molar-refractivity contribution in [3.05, 3.63) is 34.1 Å². The van der Waals surface area contributed by atoms with Crippen LogP contribution in [-0.2, 0) is 4.79 Å². The lowest BCUT2D eigenvalue weighted by Gasteiger charge is -2.24. The average molecular weight is 415 g/mol. The number of hydrogen-bond acceptors (Lipinski definition) is 5. The first-order chi connectivity index (χ1) is 14.3. The predicted octanol–water partition coefficient (Wildman–Crippen LogP) is 1.84. The molecule has 2 aromatic rings. The van der Waals surface area contributed by atoms with Gasteiger partial charge >= 0.3 is 5.97 Å². The lowest BCUT2D eigenvalue weighted by Crippen LogP contribution is -2.39. The number of aromatic carboxylic acids is 1. The molecule has 2 heterocycles. The zero-order valence-corrected chi connectivity index (χ0v) is 16.4. The number of ether oxygens (including phenoxy) is 1. The Morgan fingerprint density at radius 1 is 1.33 bits per heavy atom. The summed E-state index contributed by atoms with van der Waals surface area (Å²) in [5.74, 6) is -1.45. The summed E-state index contributed by atoms with van der Waals surface area (Å²) in [5.41, 5.74) is 5.53. The number of carboxylic acid groups (broad SMARTS) is 1. The molecule has 9 heteroatoms. The molecule has 3 atom stereocenters. The molecular formula is C21H22FN3O5. The van der Waals surface area contributed by atoms with E-state index in [2.05, 4.69) is 0 Å². The Balaban J connectivity index is 1.70. The number of benzene rings is 1. The van der Waals surface area contributed by atoms with Gasteiger partial charge in [0, 0.05) is 24.7 Å². The number of carbonyl (C=O) groups excluding carboxylic acids is 1. The molecule has 1 aliphatic heterocycles. The first-order valence-corrected chi connectivity index (χ1v) is 10.0. The number of pyridine rings is 1. The fourth-order valence-corrected chi connectivity index (χ4v) is 4.62. The highest BCUT2D eigenvalue weighted by Gasteiger charge is 2.53. The van der Waals surface area contributed by atoms with Crippen LogP contribution in [0, 0.1) is 5.92 Å². The number of carboxylic acids is 1. The van der Waals surface area contributed by atoms with Gasteiger partial charge in [-0.25, -0.2) is 9.18 Å². The fraction of sp³-hybridized carbons (Fsp3) is 0.476. The highest BCUT2D eigenvalue weighted by atomic mass is 19.1. The van der Waals surface area contributed by atoms with E-state index in [0.717, 1.165) is 12.8 Å². The number of anilines is 1. The van der Waals surface area contributed by atoms with E-state index in [1.807, 2.05) is 0 Å². The van der Waals surface area contributed by atoms with Crippen molar-refractivity contribution in [1.82, 2.24) is 4.57 Å². The molecule has 1 aromatic carbocycles. The van der Waals surface area contributed by atoms with Gasteiger partial charge in [-0.3, -0.25) is 9.59 Å². The summed E-state index contributed by atoms with van der Waals surface area (Å²) in [6.07, 6.45) is 2.56. The van der Waals surface area contributed by atoms with Crippen LogP contribution in [0.2, 0.25) is 0 Å². The van der Waals surface area contributed by atoms with Crippen molar-refractivity contribution >= 4 is 28.5 Å². The van der Waals surface area contributed by atoms with E-state index in [9.17, 15) is 23.9 Å². The topological polar surface area (TPSA) is 115 Å². The Kier molecular flexibility index (Phi) is 3.99. The monoisotopic (exact) mass is 415 g/mol. The Hall–Kier alpha value is -2.94. The summed E-state index contributed by atoms with van der Waals surface area (Å²) in [5, 5.41) is 9.53. The minimum Gasteiger partial charge on any atom is -0.492 e. The predicted molar refractivity (Wildman–Crippen MR) is 107 cm³/mol. The maximum atomic E-state index is 13.9. The molecule has 2 aliphatic carbocycles. The number of nitrogens with zero attached hydrogens (tertiary/aromatic N) is 2. The maximum Gasteiger partial charge on any atom is 0.341 e. The van der Waals surface area contributed by atoms with Crippen molar-refractivity contribution in [2.75, 3.05) is 18.6 Å². The molecule has 3 aliphatic rings. The third-order valence-corrected chi connectivity index (χ3v) is 6.62. The van der Waals surface area contributed by atoms with E-state index in [0.29, 0.717) is 24.2 Å². The third kappa shape index (κ3) is 2.64. The number of methoxy groups -OCH3 is 1. The number of carbonyl (C=O) groups is 2. The van der Waals surface area contributed by atoms with Crippen LogP contribution in [0.1, 0.15) is 42.1 Å². The van der Waals surface area contributed by atoms with E-state index in [-0.39, 0.29) is 29.4 Å². The summed E-state index contributed by atoms with van der Waals surface area (Å²) >= 11 is 0. The van der Waals surface area contributed by atoms with Gasteiger partial charge in [0.15, 0.2) is 5.75 Å². The van der Waals surface area contributed by atoms with Gasteiger partial charge in [-0.1, -0.05) is 0 Å². The summed E-state index contributed by atoms with van der Waals surface area (Å²) < 4.78 is 21.0. The van der Waals surface area contributed by atoms with Gasteiger partial charge in [-0.15, -0.1) is 0 Å². The number of nitrogens with two attached hydrogens (primary N) is 1. The van der Waals surface area contributed by atoms with Crippen molar-refractivity contribution in [3.63, 3.8) is 0 Å². The fourth-order valence-electron chi connectivity index (χ4n) is 4.62. The van der Waals surface area contributed by atoms with E-state index in [1.54, 1.807) is 11.0 Å². The normalized spacial score (nSPS) is 26.8. The van der Waals surface area contributed by atoms with Crippen LogP contribution >= 0.6 is 0 Å². The third-order valence-electron chi connectivity index (χ3n) is 6.62. The zero-order valence-electron chi connectivity index (χ0n) is 16.4. The lowest BCUT2D eigenvalue weighted by atomic mass is 9.97. The Morgan fingerprint density at radius 2 is 2.03 bits per heavy atom. The van der Waals surface area contributed by atoms with Crippen LogP contribution in [-0.4, -0.2) is 46.9 Å². The van der Waals surface area contributed by atoms with Crippen LogP contribution in [0.5, 0.6) is 5.75 Å². The minimum absolute atomic E-state index is 0.0847. The largest absolute Gasteiger partial charge is 0.492 e. The standard InChI is InChI=1S/C21H22FN3O5/c1-30-18-14(24-7-4-12(19(24)27)21(23)5-6-21)3-2-10-16(18)25(15-8-13(15)22)9-11(17(10)26)20(28)29/h2-3,9,12-13,15H,4-8,23H2,1H3,(H,28,29)/t12-,13-,15+/m0/s1. The van der Waals surface area contributed by atoms with Crippen LogP contribution in [0.15, 0.2) is 23.1 Å². The molecule has 0 radical (unpaired) electrons. The number of alkyl halides is 1. The first kappa shape index (κ1) is 19.0. The zero-order chi connectivity index (χ0) is 21.4. The maximum absolute atomic E-state index is 13.9. The summed E-state index contributed by atoms with van der Waals surface area (Å²) in [7, 11) is 1.42. The smallest absolute Gasteiger partial charge is 0.341 e. The van der Waals surface area contributed by atoms with E-state index in [4.69, 9.17) is 10.5 Å². The second-order valence-corrected chi connectivity index (χ2v) is 8.48. The molecule has 3 N–H and O–H groups in total. The van der Waals surface area contributed by atoms with Gasteiger partial charge in [-0.05, 0) is 31.4 Å². The highest BCUT2D eigenvalue weighted by molar-refractivity contribution is 6.04. The summed E-state index contributed by atoms with van der Waals surface area (Å²) in [6.45, 7) is 0.469. The number of rotatable bonds is 5. The molecule has 1 amide bonds. The van der Waals surface area contributed by atoms with Crippen molar-refractivity contribution in [3.8, 4) is 5.75 Å².